The molecule has 0 atom stereocenters. The van der Waals surface area contributed by atoms with Crippen LogP contribution in [0.5, 0.6) is 0 Å². The van der Waals surface area contributed by atoms with Gasteiger partial charge in [0.2, 0.25) is 0 Å². The van der Waals surface area contributed by atoms with Gasteiger partial charge in [-0.3, -0.25) is 9.59 Å². The molecule has 0 N–H and O–H groups in total. The Morgan fingerprint density at radius 2 is 1.83 bits per heavy atom. The molecule has 1 aromatic rings. The molecule has 0 saturated carbocycles. The Kier molecular flexibility index (Phi) is 2.53. The second kappa shape index (κ2) is 3.62. The van der Waals surface area contributed by atoms with Gasteiger partial charge in [-0.25, -0.2) is 0 Å². The summed E-state index contributed by atoms with van der Waals surface area (Å²) in [6.07, 6.45) is 1.98. The molecule has 0 heterocycles. The zero-order valence-corrected chi connectivity index (χ0v) is 6.49. The molecular weight excluding hydrogens is 152 g/mol. The number of rotatable bonds is 3. The minimum Gasteiger partial charge on any atom is -0.298 e. The third kappa shape index (κ3) is 1.66. The molecule has 1 aromatic carbocycles. The molecule has 0 aliphatic carbocycles. The van der Waals surface area contributed by atoms with Gasteiger partial charge in [0.15, 0.2) is 5.78 Å². The van der Waals surface area contributed by atoms with Gasteiger partial charge in [-0.05, 0) is 6.08 Å². The molecule has 12 heavy (non-hydrogen) atoms. The first-order valence-corrected chi connectivity index (χ1v) is 3.50. The van der Waals surface area contributed by atoms with E-state index in [-0.39, 0.29) is 5.78 Å². The summed E-state index contributed by atoms with van der Waals surface area (Å²) in [5.41, 5.74) is 1.12. The number of benzene rings is 1. The quantitative estimate of drug-likeness (QED) is 0.384. The fourth-order valence-electron chi connectivity index (χ4n) is 0.844. The van der Waals surface area contributed by atoms with Crippen LogP contribution in [0, 0.1) is 0 Å². The van der Waals surface area contributed by atoms with Crippen LogP contribution in [0.25, 0.3) is 0 Å². The third-order valence-corrected chi connectivity index (χ3v) is 1.52. The van der Waals surface area contributed by atoms with E-state index < -0.39 is 0 Å². The van der Waals surface area contributed by atoms with E-state index >= 15 is 0 Å². The monoisotopic (exact) mass is 160 g/mol. The molecule has 0 radical (unpaired) electrons. The van der Waals surface area contributed by atoms with E-state index in [1.165, 1.54) is 6.08 Å². The zero-order chi connectivity index (χ0) is 8.97. The predicted molar refractivity (Wildman–Crippen MR) is 46.4 cm³/mol. The van der Waals surface area contributed by atoms with Crippen LogP contribution in [0.3, 0.4) is 0 Å². The van der Waals surface area contributed by atoms with Crippen LogP contribution >= 0.6 is 0 Å². The van der Waals surface area contributed by atoms with Crippen molar-refractivity contribution in [1.29, 1.82) is 0 Å². The van der Waals surface area contributed by atoms with Crippen molar-refractivity contribution >= 4 is 12.1 Å². The van der Waals surface area contributed by atoms with Crippen molar-refractivity contribution in [3.63, 3.8) is 0 Å². The maximum absolute atomic E-state index is 11.0. The summed E-state index contributed by atoms with van der Waals surface area (Å²) in [6.45, 7) is 3.36. The van der Waals surface area contributed by atoms with Crippen molar-refractivity contribution in [2.45, 2.75) is 0 Å². The molecular formula is C10H8O2. The molecule has 0 amide bonds. The molecule has 0 saturated heterocycles. The topological polar surface area (TPSA) is 34.1 Å². The summed E-state index contributed by atoms with van der Waals surface area (Å²) < 4.78 is 0. The van der Waals surface area contributed by atoms with Gasteiger partial charge >= 0.3 is 0 Å². The highest BCUT2D eigenvalue weighted by atomic mass is 16.1. The third-order valence-electron chi connectivity index (χ3n) is 1.52. The van der Waals surface area contributed by atoms with E-state index in [4.69, 9.17) is 0 Å². The van der Waals surface area contributed by atoms with E-state index in [0.717, 1.165) is 6.29 Å². The molecule has 0 spiro atoms. The molecule has 1 rings (SSSR count). The van der Waals surface area contributed by atoms with Crippen LogP contribution in [0.2, 0.25) is 0 Å². The van der Waals surface area contributed by atoms with E-state index in [0.29, 0.717) is 11.1 Å². The van der Waals surface area contributed by atoms with Crippen LogP contribution in [0.1, 0.15) is 20.7 Å². The van der Waals surface area contributed by atoms with Gasteiger partial charge < -0.3 is 0 Å². The van der Waals surface area contributed by atoms with Gasteiger partial charge in [-0.2, -0.15) is 0 Å². The molecule has 0 unspecified atom stereocenters. The number of aldehydes is 1. The smallest absolute Gasteiger partial charge is 0.185 e. The van der Waals surface area contributed by atoms with Crippen molar-refractivity contribution < 1.29 is 9.59 Å². The standard InChI is InChI=1S/C10H8O2/c1-2-10(12)9-5-3-8(7-11)4-6-9/h2-7H,1H2. The first-order valence-electron chi connectivity index (χ1n) is 3.50. The number of ketones is 1. The lowest BCUT2D eigenvalue weighted by atomic mass is 10.1. The van der Waals surface area contributed by atoms with Gasteiger partial charge in [0.25, 0.3) is 0 Å². The van der Waals surface area contributed by atoms with Crippen molar-refractivity contribution in [1.82, 2.24) is 0 Å². The minimum absolute atomic E-state index is 0.132. The highest BCUT2D eigenvalue weighted by Crippen LogP contribution is 2.03. The Morgan fingerprint density at radius 1 is 1.25 bits per heavy atom. The fraction of sp³-hybridized carbons (Fsp3) is 0. The fourth-order valence-corrected chi connectivity index (χ4v) is 0.844. The highest BCUT2D eigenvalue weighted by molar-refractivity contribution is 6.04. The van der Waals surface area contributed by atoms with Gasteiger partial charge in [-0.1, -0.05) is 30.8 Å². The van der Waals surface area contributed by atoms with E-state index in [1.807, 2.05) is 0 Å². The summed E-state index contributed by atoms with van der Waals surface area (Å²) in [6, 6.07) is 6.41. The van der Waals surface area contributed by atoms with Crippen molar-refractivity contribution in [3.05, 3.63) is 48.0 Å². The maximum Gasteiger partial charge on any atom is 0.185 e. The molecule has 0 fully saturated rings. The zero-order valence-electron chi connectivity index (χ0n) is 6.49. The number of carbonyl (C=O) groups excluding carboxylic acids is 2. The van der Waals surface area contributed by atoms with Crippen LogP contribution in [-0.2, 0) is 0 Å². The number of hydrogen-bond acceptors (Lipinski definition) is 2. The van der Waals surface area contributed by atoms with Crippen LogP contribution in [0.4, 0.5) is 0 Å². The number of carbonyl (C=O) groups is 2. The molecule has 60 valence electrons. The summed E-state index contributed by atoms with van der Waals surface area (Å²) >= 11 is 0. The minimum atomic E-state index is -0.132. The molecule has 0 aromatic heterocycles. The Bertz CT molecular complexity index is 309. The molecule has 0 aliphatic heterocycles. The van der Waals surface area contributed by atoms with Crippen molar-refractivity contribution in [2.75, 3.05) is 0 Å². The number of hydrogen-bond donors (Lipinski definition) is 0. The lowest BCUT2D eigenvalue weighted by molar-refractivity contribution is 0.104. The second-order valence-electron chi connectivity index (χ2n) is 2.31. The lowest BCUT2D eigenvalue weighted by Gasteiger charge is -1.94. The molecule has 0 bridgehead atoms. The van der Waals surface area contributed by atoms with Crippen molar-refractivity contribution in [3.8, 4) is 0 Å². The average molecular weight is 160 g/mol. The summed E-state index contributed by atoms with van der Waals surface area (Å²) in [4.78, 5) is 21.3. The largest absolute Gasteiger partial charge is 0.298 e. The van der Waals surface area contributed by atoms with E-state index in [1.54, 1.807) is 24.3 Å². The van der Waals surface area contributed by atoms with Gasteiger partial charge in [0, 0.05) is 11.1 Å². The lowest BCUT2D eigenvalue weighted by Crippen LogP contribution is -1.93. The Labute approximate surface area is 70.5 Å². The first kappa shape index (κ1) is 8.40. The van der Waals surface area contributed by atoms with Crippen LogP contribution in [-0.4, -0.2) is 12.1 Å². The molecule has 0 aliphatic rings. The second-order valence-corrected chi connectivity index (χ2v) is 2.31. The van der Waals surface area contributed by atoms with Crippen molar-refractivity contribution in [2.24, 2.45) is 0 Å². The molecule has 2 nitrogen and oxygen atoms in total. The normalized spacial score (nSPS) is 9.00. The van der Waals surface area contributed by atoms with E-state index in [2.05, 4.69) is 6.58 Å². The first-order chi connectivity index (χ1) is 5.77. The Balaban J connectivity index is 2.99. The average Bonchev–Trinajstić information content (AvgIpc) is 2.17. The molecule has 2 heteroatoms. The highest BCUT2D eigenvalue weighted by Gasteiger charge is 1.99. The van der Waals surface area contributed by atoms with Gasteiger partial charge in [0.05, 0.1) is 0 Å². The summed E-state index contributed by atoms with van der Waals surface area (Å²) in [7, 11) is 0. The van der Waals surface area contributed by atoms with Crippen LogP contribution < -0.4 is 0 Å². The van der Waals surface area contributed by atoms with Gasteiger partial charge in [0.1, 0.15) is 6.29 Å². The Morgan fingerprint density at radius 3 is 2.25 bits per heavy atom. The Hall–Kier alpha value is -1.70. The van der Waals surface area contributed by atoms with Gasteiger partial charge in [-0.15, -0.1) is 0 Å². The summed E-state index contributed by atoms with van der Waals surface area (Å²) in [5, 5.41) is 0. The maximum atomic E-state index is 11.0. The predicted octanol–water partition coefficient (Wildman–Crippen LogP) is 1.87. The van der Waals surface area contributed by atoms with Crippen LogP contribution in [0.15, 0.2) is 36.9 Å². The number of allylic oxidation sites excluding steroid dienone is 1. The SMILES string of the molecule is C=CC(=O)c1ccc(C=O)cc1. The summed E-state index contributed by atoms with van der Waals surface area (Å²) in [5.74, 6) is -0.132. The van der Waals surface area contributed by atoms with E-state index in [9.17, 15) is 9.59 Å².